The molecule has 0 aliphatic carbocycles. The lowest BCUT2D eigenvalue weighted by atomic mass is 10.1. The van der Waals surface area contributed by atoms with E-state index >= 15 is 0 Å². The van der Waals surface area contributed by atoms with E-state index in [0.717, 1.165) is 24.7 Å². The molecule has 18 heavy (non-hydrogen) atoms. The number of nitrogen functional groups attached to an aromatic ring is 1. The number of fused-ring (bicyclic) bond motifs is 1. The summed E-state index contributed by atoms with van der Waals surface area (Å²) < 4.78 is 0. The molecule has 1 saturated heterocycles. The summed E-state index contributed by atoms with van der Waals surface area (Å²) in [5.74, 6) is 1.90. The predicted molar refractivity (Wildman–Crippen MR) is 73.7 cm³/mol. The third-order valence-electron chi connectivity index (χ3n) is 3.72. The number of rotatable bonds is 1. The van der Waals surface area contributed by atoms with E-state index in [1.54, 1.807) is 4.90 Å². The summed E-state index contributed by atoms with van der Waals surface area (Å²) >= 11 is 0. The van der Waals surface area contributed by atoms with Gasteiger partial charge >= 0.3 is 0 Å². The van der Waals surface area contributed by atoms with Crippen molar-refractivity contribution in [1.29, 1.82) is 0 Å². The zero-order valence-corrected chi connectivity index (χ0v) is 10.7. The Kier molecular flexibility index (Phi) is 2.80. The summed E-state index contributed by atoms with van der Waals surface area (Å²) in [6.07, 6.45) is 0. The summed E-state index contributed by atoms with van der Waals surface area (Å²) in [5, 5.41) is 2.46. The van der Waals surface area contributed by atoms with Crippen molar-refractivity contribution in [3.05, 3.63) is 30.3 Å². The number of aromatic nitrogens is 1. The number of H-pyrrole nitrogens is 1. The number of likely N-dealkylation sites (N-methyl/N-ethyl adjacent to an activating group) is 1. The molecule has 4 N–H and O–H groups in total. The first-order valence-electron chi connectivity index (χ1n) is 6.51. The first-order chi connectivity index (χ1) is 8.74. The third kappa shape index (κ3) is 1.99. The van der Waals surface area contributed by atoms with Crippen LogP contribution in [0.1, 0.15) is 0 Å². The number of quaternary nitrogens is 1. The molecule has 4 heteroatoms. The molecule has 4 nitrogen and oxygen atoms in total. The SMILES string of the molecule is C[NH+]1CCN(c2[nH+]c(N)cc3ccccc23)CC1. The molecule has 0 atom stereocenters. The number of aromatic amines is 1. The van der Waals surface area contributed by atoms with Crippen LogP contribution in [-0.2, 0) is 0 Å². The largest absolute Gasteiger partial charge is 0.332 e. The van der Waals surface area contributed by atoms with Gasteiger partial charge in [-0.3, -0.25) is 4.90 Å². The molecule has 0 bridgehead atoms. The van der Waals surface area contributed by atoms with Gasteiger partial charge in [0.15, 0.2) is 0 Å². The van der Waals surface area contributed by atoms with Gasteiger partial charge in [0.25, 0.3) is 0 Å². The van der Waals surface area contributed by atoms with Crippen molar-refractivity contribution in [3.8, 4) is 0 Å². The number of hydrogen-bond donors (Lipinski definition) is 2. The van der Waals surface area contributed by atoms with Gasteiger partial charge in [-0.1, -0.05) is 18.2 Å². The molecular weight excluding hydrogens is 224 g/mol. The molecule has 3 rings (SSSR count). The molecule has 0 spiro atoms. The monoisotopic (exact) mass is 244 g/mol. The molecule has 1 aliphatic heterocycles. The van der Waals surface area contributed by atoms with Crippen LogP contribution in [-0.4, -0.2) is 33.2 Å². The minimum atomic E-state index is 0.731. The second-order valence-electron chi connectivity index (χ2n) is 5.10. The molecule has 0 saturated carbocycles. The van der Waals surface area contributed by atoms with Gasteiger partial charge in [0, 0.05) is 6.07 Å². The Morgan fingerprint density at radius 1 is 1.22 bits per heavy atom. The molecule has 1 fully saturated rings. The summed E-state index contributed by atoms with van der Waals surface area (Å²) in [6.45, 7) is 4.51. The molecule has 1 aromatic heterocycles. The maximum atomic E-state index is 5.97. The highest BCUT2D eigenvalue weighted by atomic mass is 15.3. The van der Waals surface area contributed by atoms with E-state index < -0.39 is 0 Å². The van der Waals surface area contributed by atoms with Gasteiger partial charge in [-0.15, -0.1) is 0 Å². The van der Waals surface area contributed by atoms with Crippen LogP contribution in [0.15, 0.2) is 30.3 Å². The molecule has 0 radical (unpaired) electrons. The molecule has 2 heterocycles. The topological polar surface area (TPSA) is 47.8 Å². The van der Waals surface area contributed by atoms with Crippen molar-refractivity contribution >= 4 is 22.4 Å². The zero-order chi connectivity index (χ0) is 12.5. The van der Waals surface area contributed by atoms with Crippen LogP contribution < -0.4 is 20.5 Å². The summed E-state index contributed by atoms with van der Waals surface area (Å²) in [5.41, 5.74) is 5.97. The fourth-order valence-electron chi connectivity index (χ4n) is 2.61. The van der Waals surface area contributed by atoms with Crippen LogP contribution in [0.25, 0.3) is 10.8 Å². The second kappa shape index (κ2) is 4.46. The van der Waals surface area contributed by atoms with Gasteiger partial charge in [0.05, 0.1) is 12.4 Å². The molecule has 0 unspecified atom stereocenters. The number of anilines is 2. The van der Waals surface area contributed by atoms with Crippen molar-refractivity contribution in [3.63, 3.8) is 0 Å². The maximum Gasteiger partial charge on any atom is 0.229 e. The smallest absolute Gasteiger partial charge is 0.229 e. The molecule has 94 valence electrons. The van der Waals surface area contributed by atoms with Crippen molar-refractivity contribution in [1.82, 2.24) is 0 Å². The van der Waals surface area contributed by atoms with Crippen LogP contribution in [0.2, 0.25) is 0 Å². The normalized spacial score (nSPS) is 17.3. The lowest BCUT2D eigenvalue weighted by Gasteiger charge is -2.28. The van der Waals surface area contributed by atoms with Crippen molar-refractivity contribution in [2.45, 2.75) is 0 Å². The quantitative estimate of drug-likeness (QED) is 0.715. The Labute approximate surface area is 107 Å². The lowest BCUT2D eigenvalue weighted by molar-refractivity contribution is -0.880. The fraction of sp³-hybridized carbons (Fsp3) is 0.357. The van der Waals surface area contributed by atoms with Gasteiger partial charge in [-0.05, 0) is 11.5 Å². The standard InChI is InChI=1S/C14H18N4/c1-17-6-8-18(9-7-17)14-12-5-3-2-4-11(12)10-13(15)16-14/h2-5,10H,6-9H2,1H3,(H2,15,16)/p+2. The van der Waals surface area contributed by atoms with Crippen LogP contribution in [0.4, 0.5) is 11.6 Å². The number of piperazine rings is 1. The number of nitrogens with two attached hydrogens (primary N) is 1. The van der Waals surface area contributed by atoms with Crippen LogP contribution in [0, 0.1) is 0 Å². The Morgan fingerprint density at radius 3 is 2.72 bits per heavy atom. The van der Waals surface area contributed by atoms with E-state index in [9.17, 15) is 0 Å². The van der Waals surface area contributed by atoms with Gasteiger partial charge in [-0.25, -0.2) is 4.98 Å². The van der Waals surface area contributed by atoms with Crippen molar-refractivity contribution in [2.24, 2.45) is 0 Å². The maximum absolute atomic E-state index is 5.97. The third-order valence-corrected chi connectivity index (χ3v) is 3.72. The Bertz CT molecular complexity index is 559. The van der Waals surface area contributed by atoms with E-state index in [2.05, 4.69) is 41.2 Å². The summed E-state index contributed by atoms with van der Waals surface area (Å²) in [4.78, 5) is 7.33. The molecular formula is C14H20N4+2. The van der Waals surface area contributed by atoms with E-state index in [0.29, 0.717) is 0 Å². The number of nitrogens with one attached hydrogen (secondary N) is 2. The van der Waals surface area contributed by atoms with E-state index in [4.69, 9.17) is 5.73 Å². The molecule has 1 aliphatic rings. The Hall–Kier alpha value is -1.81. The molecule has 0 amide bonds. The molecule has 1 aromatic carbocycles. The zero-order valence-electron chi connectivity index (χ0n) is 10.7. The fourth-order valence-corrected chi connectivity index (χ4v) is 2.61. The first kappa shape index (κ1) is 11.3. The summed E-state index contributed by atoms with van der Waals surface area (Å²) in [7, 11) is 2.25. The highest BCUT2D eigenvalue weighted by molar-refractivity contribution is 5.91. The highest BCUT2D eigenvalue weighted by Crippen LogP contribution is 2.23. The summed E-state index contributed by atoms with van der Waals surface area (Å²) in [6, 6.07) is 10.4. The Balaban J connectivity index is 2.05. The Morgan fingerprint density at radius 2 is 1.94 bits per heavy atom. The average molecular weight is 244 g/mol. The van der Waals surface area contributed by atoms with Crippen molar-refractivity contribution < 1.29 is 9.88 Å². The van der Waals surface area contributed by atoms with Crippen LogP contribution in [0.5, 0.6) is 0 Å². The van der Waals surface area contributed by atoms with Gasteiger partial charge in [0.2, 0.25) is 11.6 Å². The second-order valence-corrected chi connectivity index (χ2v) is 5.10. The number of nitrogens with zero attached hydrogens (tertiary/aromatic N) is 1. The predicted octanol–water partition coefficient (Wildman–Crippen LogP) is -0.429. The lowest BCUT2D eigenvalue weighted by Crippen LogP contribution is -3.12. The average Bonchev–Trinajstić information content (AvgIpc) is 2.38. The van der Waals surface area contributed by atoms with Gasteiger partial charge < -0.3 is 10.6 Å². The minimum Gasteiger partial charge on any atom is -0.332 e. The molecule has 2 aromatic rings. The number of pyridine rings is 1. The minimum absolute atomic E-state index is 0.731. The first-order valence-corrected chi connectivity index (χ1v) is 6.51. The number of hydrogen-bond acceptors (Lipinski definition) is 2. The van der Waals surface area contributed by atoms with Crippen molar-refractivity contribution in [2.75, 3.05) is 43.9 Å². The van der Waals surface area contributed by atoms with E-state index in [-0.39, 0.29) is 0 Å². The van der Waals surface area contributed by atoms with E-state index in [1.807, 2.05) is 6.07 Å². The highest BCUT2D eigenvalue weighted by Gasteiger charge is 2.23. The number of benzene rings is 1. The van der Waals surface area contributed by atoms with Crippen LogP contribution >= 0.6 is 0 Å². The van der Waals surface area contributed by atoms with E-state index in [1.165, 1.54) is 23.9 Å². The van der Waals surface area contributed by atoms with Gasteiger partial charge in [-0.2, -0.15) is 0 Å². The van der Waals surface area contributed by atoms with Crippen LogP contribution in [0.3, 0.4) is 0 Å². The van der Waals surface area contributed by atoms with Gasteiger partial charge in [0.1, 0.15) is 26.2 Å².